The van der Waals surface area contributed by atoms with Gasteiger partial charge in [-0.3, -0.25) is 29.7 Å². The zero-order valence-electron chi connectivity index (χ0n) is 15.2. The summed E-state index contributed by atoms with van der Waals surface area (Å²) in [7, 11) is 0. The fourth-order valence-corrected chi connectivity index (χ4v) is 3.73. The highest BCUT2D eigenvalue weighted by molar-refractivity contribution is 5.99. The zero-order chi connectivity index (χ0) is 19.7. The number of carbonyl (C=O) groups is 2. The number of urea groups is 1. The van der Waals surface area contributed by atoms with Gasteiger partial charge in [-0.05, 0) is 12.1 Å². The maximum Gasteiger partial charge on any atom is 0.324 e. The lowest BCUT2D eigenvalue weighted by Crippen LogP contribution is -2.50. The number of fused-ring (bicyclic) bond motifs is 1. The highest BCUT2D eigenvalue weighted by atomic mass is 16.6. The number of hydrogen-bond acceptors (Lipinski definition) is 7. The number of piperazine rings is 1. The molecule has 0 saturated carbocycles. The molecule has 0 unspecified atom stereocenters. The molecule has 3 amide bonds. The van der Waals surface area contributed by atoms with E-state index >= 15 is 0 Å². The molecule has 0 bridgehead atoms. The smallest absolute Gasteiger partial charge is 0.324 e. The minimum Gasteiger partial charge on any atom is -0.368 e. The highest BCUT2D eigenvalue weighted by Crippen LogP contribution is 2.33. The fourth-order valence-electron chi connectivity index (χ4n) is 3.73. The molecule has 0 atom stereocenters. The number of pyridine rings is 1. The van der Waals surface area contributed by atoms with E-state index in [1.807, 2.05) is 4.90 Å². The number of hydrogen-bond donors (Lipinski definition) is 1. The number of non-ortho nitro benzene ring substituents is 1. The van der Waals surface area contributed by atoms with Crippen molar-refractivity contribution < 1.29 is 14.5 Å². The second-order valence-electron chi connectivity index (χ2n) is 6.82. The van der Waals surface area contributed by atoms with Crippen molar-refractivity contribution in [3.8, 4) is 0 Å². The monoisotopic (exact) mass is 384 g/mol. The van der Waals surface area contributed by atoms with Gasteiger partial charge in [-0.1, -0.05) is 0 Å². The molecule has 2 aliphatic rings. The molecule has 10 nitrogen and oxygen atoms in total. The van der Waals surface area contributed by atoms with Crippen LogP contribution in [0.1, 0.15) is 0 Å². The van der Waals surface area contributed by atoms with Crippen LogP contribution in [0.5, 0.6) is 0 Å². The summed E-state index contributed by atoms with van der Waals surface area (Å²) in [5.41, 5.74) is 0.966. The van der Waals surface area contributed by atoms with Crippen LogP contribution in [-0.4, -0.2) is 77.5 Å². The standard InChI is InChI=1S/C18H20N6O4/c25-17(23-6-5-20-18(23)26)12-21-7-9-22(10-8-21)15-1-2-16(24(27)28)14-11-19-4-3-13(14)15/h1-4,11H,5-10,12H2,(H,20,26). The Balaban J connectivity index is 1.45. The normalized spacial score (nSPS) is 17.8. The van der Waals surface area contributed by atoms with E-state index in [1.54, 1.807) is 18.3 Å². The molecule has 2 saturated heterocycles. The van der Waals surface area contributed by atoms with Crippen LogP contribution in [0.2, 0.25) is 0 Å². The van der Waals surface area contributed by atoms with Gasteiger partial charge in [0, 0.05) is 68.8 Å². The number of nitro groups is 1. The first-order valence-corrected chi connectivity index (χ1v) is 9.11. The van der Waals surface area contributed by atoms with Crippen molar-refractivity contribution in [2.24, 2.45) is 0 Å². The fraction of sp³-hybridized carbons (Fsp3) is 0.389. The van der Waals surface area contributed by atoms with E-state index in [9.17, 15) is 19.7 Å². The molecule has 1 aromatic heterocycles. The number of carbonyl (C=O) groups excluding carboxylic acids is 2. The second-order valence-corrected chi connectivity index (χ2v) is 6.82. The largest absolute Gasteiger partial charge is 0.368 e. The topological polar surface area (TPSA) is 112 Å². The molecule has 4 rings (SSSR count). The van der Waals surface area contributed by atoms with Gasteiger partial charge in [0.2, 0.25) is 5.91 Å². The summed E-state index contributed by atoms with van der Waals surface area (Å²) in [6.07, 6.45) is 3.15. The predicted octanol–water partition coefficient (Wildman–Crippen LogP) is 0.817. The van der Waals surface area contributed by atoms with Gasteiger partial charge in [0.15, 0.2) is 0 Å². The van der Waals surface area contributed by atoms with Crippen molar-refractivity contribution in [1.29, 1.82) is 0 Å². The predicted molar refractivity (Wildman–Crippen MR) is 102 cm³/mol. The summed E-state index contributed by atoms with van der Waals surface area (Å²) in [5, 5.41) is 15.2. The molecule has 1 N–H and O–H groups in total. The molecule has 2 fully saturated rings. The SMILES string of the molecule is O=C(CN1CCN(c2ccc([N+](=O)[O-])c3cnccc23)CC1)N1CCNC1=O. The van der Waals surface area contributed by atoms with E-state index in [1.165, 1.54) is 17.2 Å². The van der Waals surface area contributed by atoms with E-state index in [2.05, 4.69) is 15.2 Å². The number of anilines is 1. The van der Waals surface area contributed by atoms with Crippen LogP contribution in [0, 0.1) is 10.1 Å². The van der Waals surface area contributed by atoms with Crippen molar-refractivity contribution in [2.45, 2.75) is 0 Å². The van der Waals surface area contributed by atoms with Crippen LogP contribution in [0.15, 0.2) is 30.6 Å². The van der Waals surface area contributed by atoms with E-state index in [4.69, 9.17) is 0 Å². The van der Waals surface area contributed by atoms with Crippen LogP contribution in [0.4, 0.5) is 16.2 Å². The summed E-state index contributed by atoms with van der Waals surface area (Å²) < 4.78 is 0. The van der Waals surface area contributed by atoms with E-state index in [0.29, 0.717) is 44.7 Å². The Labute approximate surface area is 160 Å². The van der Waals surface area contributed by atoms with Crippen molar-refractivity contribution in [3.05, 3.63) is 40.7 Å². The van der Waals surface area contributed by atoms with Gasteiger partial charge in [0.1, 0.15) is 0 Å². The number of aromatic nitrogens is 1. The van der Waals surface area contributed by atoms with Crippen molar-refractivity contribution >= 4 is 34.1 Å². The van der Waals surface area contributed by atoms with Crippen molar-refractivity contribution in [1.82, 2.24) is 20.1 Å². The molecular formula is C18H20N6O4. The van der Waals surface area contributed by atoms with E-state index < -0.39 is 4.92 Å². The molecule has 2 aromatic rings. The summed E-state index contributed by atoms with van der Waals surface area (Å²) >= 11 is 0. The number of imide groups is 1. The average Bonchev–Trinajstić information content (AvgIpc) is 3.14. The van der Waals surface area contributed by atoms with Crippen molar-refractivity contribution in [3.63, 3.8) is 0 Å². The van der Waals surface area contributed by atoms with Gasteiger partial charge in [0.05, 0.1) is 16.9 Å². The summed E-state index contributed by atoms with van der Waals surface area (Å²) in [6.45, 7) is 3.85. The Bertz CT molecular complexity index is 941. The molecule has 10 heteroatoms. The molecule has 3 heterocycles. The minimum atomic E-state index is -0.397. The minimum absolute atomic E-state index is 0.0416. The average molecular weight is 384 g/mol. The highest BCUT2D eigenvalue weighted by Gasteiger charge is 2.29. The molecule has 28 heavy (non-hydrogen) atoms. The number of nitro benzene ring substituents is 1. The van der Waals surface area contributed by atoms with Crippen LogP contribution in [0.25, 0.3) is 10.8 Å². The van der Waals surface area contributed by atoms with E-state index in [-0.39, 0.29) is 24.2 Å². The molecule has 0 aliphatic carbocycles. The molecule has 2 aliphatic heterocycles. The first-order valence-electron chi connectivity index (χ1n) is 9.11. The van der Waals surface area contributed by atoms with Gasteiger partial charge in [-0.25, -0.2) is 4.79 Å². The summed E-state index contributed by atoms with van der Waals surface area (Å²) in [4.78, 5) is 44.2. The third-order valence-electron chi connectivity index (χ3n) is 5.20. The Morgan fingerprint density at radius 2 is 1.93 bits per heavy atom. The number of benzene rings is 1. The number of amides is 3. The molecule has 0 radical (unpaired) electrons. The summed E-state index contributed by atoms with van der Waals surface area (Å²) in [5.74, 6) is -0.185. The van der Waals surface area contributed by atoms with Crippen LogP contribution in [0.3, 0.4) is 0 Å². The maximum absolute atomic E-state index is 12.3. The zero-order valence-corrected chi connectivity index (χ0v) is 15.2. The molecule has 0 spiro atoms. The third-order valence-corrected chi connectivity index (χ3v) is 5.20. The van der Waals surface area contributed by atoms with Crippen LogP contribution in [-0.2, 0) is 4.79 Å². The Morgan fingerprint density at radius 1 is 1.14 bits per heavy atom. The first kappa shape index (κ1) is 18.1. The lowest BCUT2D eigenvalue weighted by molar-refractivity contribution is -0.383. The lowest BCUT2D eigenvalue weighted by Gasteiger charge is -2.36. The number of nitrogens with zero attached hydrogens (tertiary/aromatic N) is 5. The van der Waals surface area contributed by atoms with Gasteiger partial charge in [0.25, 0.3) is 5.69 Å². The van der Waals surface area contributed by atoms with Crippen LogP contribution < -0.4 is 10.2 Å². The molecule has 1 aromatic carbocycles. The Kier molecular flexibility index (Phi) is 4.78. The summed E-state index contributed by atoms with van der Waals surface area (Å²) in [6, 6.07) is 4.76. The van der Waals surface area contributed by atoms with Crippen molar-refractivity contribution in [2.75, 3.05) is 50.7 Å². The second kappa shape index (κ2) is 7.39. The Hall–Kier alpha value is -3.27. The maximum atomic E-state index is 12.3. The molecule has 146 valence electrons. The number of nitrogens with one attached hydrogen (secondary N) is 1. The van der Waals surface area contributed by atoms with Gasteiger partial charge < -0.3 is 10.2 Å². The van der Waals surface area contributed by atoms with Gasteiger partial charge >= 0.3 is 6.03 Å². The first-order chi connectivity index (χ1) is 13.5. The quantitative estimate of drug-likeness (QED) is 0.613. The van der Waals surface area contributed by atoms with Crippen LogP contribution >= 0.6 is 0 Å². The van der Waals surface area contributed by atoms with Gasteiger partial charge in [-0.15, -0.1) is 0 Å². The Morgan fingerprint density at radius 3 is 2.61 bits per heavy atom. The van der Waals surface area contributed by atoms with E-state index in [0.717, 1.165) is 11.1 Å². The molecular weight excluding hydrogens is 364 g/mol. The van der Waals surface area contributed by atoms with Gasteiger partial charge in [-0.2, -0.15) is 0 Å². The lowest BCUT2D eigenvalue weighted by atomic mass is 10.1. The third kappa shape index (κ3) is 3.33. The number of rotatable bonds is 4.